The molecule has 0 unspecified atom stereocenters. The number of aryl methyl sites for hydroxylation is 1. The van der Waals surface area contributed by atoms with Gasteiger partial charge < -0.3 is 5.11 Å². The van der Waals surface area contributed by atoms with E-state index in [-0.39, 0.29) is 0 Å². The van der Waals surface area contributed by atoms with E-state index in [1.807, 2.05) is 25.1 Å². The van der Waals surface area contributed by atoms with E-state index in [0.29, 0.717) is 5.75 Å². The van der Waals surface area contributed by atoms with Gasteiger partial charge in [-0.15, -0.1) is 11.3 Å². The van der Waals surface area contributed by atoms with Gasteiger partial charge in [0.15, 0.2) is 0 Å². The van der Waals surface area contributed by atoms with Crippen molar-refractivity contribution in [1.82, 2.24) is 4.98 Å². The Morgan fingerprint density at radius 1 is 1.25 bits per heavy atom. The minimum absolute atomic E-state index is 0.312. The van der Waals surface area contributed by atoms with Crippen LogP contribution in [-0.2, 0) is 0 Å². The summed E-state index contributed by atoms with van der Waals surface area (Å²) < 4.78 is 1.99. The lowest BCUT2D eigenvalue weighted by Crippen LogP contribution is -1.78. The molecular formula is C12H8BrNOS. The number of fused-ring (bicyclic) bond motifs is 3. The average Bonchev–Trinajstić information content (AvgIpc) is 2.59. The summed E-state index contributed by atoms with van der Waals surface area (Å²) in [5.74, 6) is 0.312. The maximum atomic E-state index is 9.96. The number of thiazole rings is 1. The largest absolute Gasteiger partial charge is 0.507 e. The predicted molar refractivity (Wildman–Crippen MR) is 71.2 cm³/mol. The average molecular weight is 294 g/mol. The molecule has 0 aliphatic rings. The fraction of sp³-hybridized carbons (Fsp3) is 0.0833. The van der Waals surface area contributed by atoms with Crippen LogP contribution in [0.2, 0.25) is 0 Å². The molecule has 0 saturated carbocycles. The van der Waals surface area contributed by atoms with Gasteiger partial charge in [-0.1, -0.05) is 22.0 Å². The lowest BCUT2D eigenvalue weighted by Gasteiger charge is -2.02. The molecule has 0 fully saturated rings. The maximum Gasteiger partial charge on any atom is 0.125 e. The normalized spacial score (nSPS) is 11.4. The lowest BCUT2D eigenvalue weighted by molar-refractivity contribution is 0.482. The number of rotatable bonds is 0. The molecule has 1 aromatic heterocycles. The molecule has 2 aromatic carbocycles. The van der Waals surface area contributed by atoms with Crippen LogP contribution in [0.5, 0.6) is 5.75 Å². The van der Waals surface area contributed by atoms with E-state index in [4.69, 9.17) is 0 Å². The smallest absolute Gasteiger partial charge is 0.125 e. The summed E-state index contributed by atoms with van der Waals surface area (Å²) in [5, 5.41) is 12.8. The van der Waals surface area contributed by atoms with E-state index in [1.165, 1.54) is 0 Å². The highest BCUT2D eigenvalue weighted by atomic mass is 79.9. The Labute approximate surface area is 105 Å². The Morgan fingerprint density at radius 3 is 2.88 bits per heavy atom. The quantitative estimate of drug-likeness (QED) is 0.673. The molecule has 4 heteroatoms. The van der Waals surface area contributed by atoms with Gasteiger partial charge in [0.05, 0.1) is 15.2 Å². The molecule has 0 aliphatic heterocycles. The summed E-state index contributed by atoms with van der Waals surface area (Å²) in [6, 6.07) is 7.66. The Bertz CT molecular complexity index is 705. The molecular weight excluding hydrogens is 286 g/mol. The van der Waals surface area contributed by atoms with Crippen molar-refractivity contribution in [3.05, 3.63) is 33.7 Å². The van der Waals surface area contributed by atoms with Gasteiger partial charge in [0.1, 0.15) is 5.75 Å². The highest BCUT2D eigenvalue weighted by Crippen LogP contribution is 2.36. The molecule has 2 nitrogen and oxygen atoms in total. The van der Waals surface area contributed by atoms with Gasteiger partial charge in [-0.2, -0.15) is 0 Å². The van der Waals surface area contributed by atoms with Crippen LogP contribution in [0.25, 0.3) is 21.0 Å². The zero-order valence-electron chi connectivity index (χ0n) is 8.49. The van der Waals surface area contributed by atoms with Gasteiger partial charge >= 0.3 is 0 Å². The van der Waals surface area contributed by atoms with Gasteiger partial charge in [0.25, 0.3) is 0 Å². The summed E-state index contributed by atoms with van der Waals surface area (Å²) in [5.41, 5.74) is 0.975. The topological polar surface area (TPSA) is 33.1 Å². The number of aromatic hydroxyl groups is 1. The SMILES string of the molecule is Cc1nc2c(cc(O)c3cc(Br)ccc32)s1. The first-order valence-corrected chi connectivity index (χ1v) is 6.44. The van der Waals surface area contributed by atoms with Crippen molar-refractivity contribution in [2.75, 3.05) is 0 Å². The summed E-state index contributed by atoms with van der Waals surface area (Å²) in [6.07, 6.45) is 0. The number of halogens is 1. The number of phenolic OH excluding ortho intramolecular Hbond substituents is 1. The van der Waals surface area contributed by atoms with E-state index in [1.54, 1.807) is 17.4 Å². The zero-order valence-corrected chi connectivity index (χ0v) is 10.9. The van der Waals surface area contributed by atoms with Gasteiger partial charge in [0.2, 0.25) is 0 Å². The van der Waals surface area contributed by atoms with Crippen molar-refractivity contribution in [1.29, 1.82) is 0 Å². The monoisotopic (exact) mass is 293 g/mol. The second kappa shape index (κ2) is 3.43. The van der Waals surface area contributed by atoms with E-state index in [9.17, 15) is 5.11 Å². The van der Waals surface area contributed by atoms with Gasteiger partial charge in [-0.3, -0.25) is 0 Å². The zero-order chi connectivity index (χ0) is 11.3. The molecule has 1 heterocycles. The molecule has 3 aromatic rings. The number of benzene rings is 2. The second-order valence-electron chi connectivity index (χ2n) is 3.67. The molecule has 0 saturated heterocycles. The van der Waals surface area contributed by atoms with Crippen LogP contribution in [-0.4, -0.2) is 10.1 Å². The fourth-order valence-corrected chi connectivity index (χ4v) is 3.11. The van der Waals surface area contributed by atoms with Crippen molar-refractivity contribution in [3.8, 4) is 5.75 Å². The van der Waals surface area contributed by atoms with Gasteiger partial charge in [-0.25, -0.2) is 4.98 Å². The summed E-state index contributed by atoms with van der Waals surface area (Å²) in [4.78, 5) is 4.50. The van der Waals surface area contributed by atoms with Crippen LogP contribution in [0.1, 0.15) is 5.01 Å². The Balaban J connectivity index is 2.58. The molecule has 1 N–H and O–H groups in total. The molecule has 0 amide bonds. The van der Waals surface area contributed by atoms with Crippen molar-refractivity contribution in [2.45, 2.75) is 6.92 Å². The van der Waals surface area contributed by atoms with Gasteiger partial charge in [-0.05, 0) is 25.1 Å². The van der Waals surface area contributed by atoms with E-state index >= 15 is 0 Å². The summed E-state index contributed by atoms with van der Waals surface area (Å²) in [6.45, 7) is 1.98. The first kappa shape index (κ1) is 10.1. The maximum absolute atomic E-state index is 9.96. The highest BCUT2D eigenvalue weighted by Gasteiger charge is 2.09. The van der Waals surface area contributed by atoms with Crippen molar-refractivity contribution < 1.29 is 5.11 Å². The summed E-state index contributed by atoms with van der Waals surface area (Å²) >= 11 is 5.01. The van der Waals surface area contributed by atoms with Crippen LogP contribution >= 0.6 is 27.3 Å². The van der Waals surface area contributed by atoms with E-state index < -0.39 is 0 Å². The molecule has 0 spiro atoms. The summed E-state index contributed by atoms with van der Waals surface area (Å²) in [7, 11) is 0. The number of hydrogen-bond acceptors (Lipinski definition) is 3. The molecule has 16 heavy (non-hydrogen) atoms. The molecule has 3 rings (SSSR count). The third-order valence-corrected chi connectivity index (χ3v) is 3.95. The van der Waals surface area contributed by atoms with Crippen LogP contribution < -0.4 is 0 Å². The second-order valence-corrected chi connectivity index (χ2v) is 5.82. The first-order valence-electron chi connectivity index (χ1n) is 4.83. The van der Waals surface area contributed by atoms with E-state index in [2.05, 4.69) is 20.9 Å². The van der Waals surface area contributed by atoms with Crippen molar-refractivity contribution >= 4 is 48.3 Å². The van der Waals surface area contributed by atoms with Crippen molar-refractivity contribution in [2.24, 2.45) is 0 Å². The van der Waals surface area contributed by atoms with Gasteiger partial charge in [0, 0.05) is 15.2 Å². The number of nitrogens with zero attached hydrogens (tertiary/aromatic N) is 1. The van der Waals surface area contributed by atoms with Crippen molar-refractivity contribution in [3.63, 3.8) is 0 Å². The van der Waals surface area contributed by atoms with Crippen LogP contribution in [0.15, 0.2) is 28.7 Å². The molecule has 0 atom stereocenters. The Morgan fingerprint density at radius 2 is 2.06 bits per heavy atom. The lowest BCUT2D eigenvalue weighted by atomic mass is 10.1. The Hall–Kier alpha value is -1.13. The third-order valence-electron chi connectivity index (χ3n) is 2.54. The van der Waals surface area contributed by atoms with Crippen LogP contribution in [0.3, 0.4) is 0 Å². The highest BCUT2D eigenvalue weighted by molar-refractivity contribution is 9.10. The number of phenols is 1. The molecule has 80 valence electrons. The molecule has 0 aliphatic carbocycles. The molecule has 0 radical (unpaired) electrons. The van der Waals surface area contributed by atoms with Crippen LogP contribution in [0.4, 0.5) is 0 Å². The fourth-order valence-electron chi connectivity index (χ4n) is 1.87. The predicted octanol–water partition coefficient (Wildman–Crippen LogP) is 4.23. The third kappa shape index (κ3) is 1.41. The molecule has 0 bridgehead atoms. The number of aromatic nitrogens is 1. The number of hydrogen-bond donors (Lipinski definition) is 1. The minimum atomic E-state index is 0.312. The minimum Gasteiger partial charge on any atom is -0.507 e. The van der Waals surface area contributed by atoms with Crippen LogP contribution in [0, 0.1) is 6.92 Å². The standard InChI is InChI=1S/C12H8BrNOS/c1-6-14-12-8-3-2-7(13)4-9(8)10(15)5-11(12)16-6/h2-5,15H,1H3. The Kier molecular flexibility index (Phi) is 2.16. The van der Waals surface area contributed by atoms with E-state index in [0.717, 1.165) is 30.5 Å². The first-order chi connectivity index (χ1) is 7.65.